The third-order valence-electron chi connectivity index (χ3n) is 3.72. The van der Waals surface area contributed by atoms with E-state index in [1.807, 2.05) is 6.92 Å². The number of fused-ring (bicyclic) bond motifs is 1. The fourth-order valence-corrected chi connectivity index (χ4v) is 3.37. The molecule has 0 unspecified atom stereocenters. The highest BCUT2D eigenvalue weighted by Gasteiger charge is 2.18. The monoisotopic (exact) mass is 361 g/mol. The highest BCUT2D eigenvalue weighted by molar-refractivity contribution is 7.17. The average Bonchev–Trinajstić information content (AvgIpc) is 3.08. The summed E-state index contributed by atoms with van der Waals surface area (Å²) in [6.07, 6.45) is 0.767. The van der Waals surface area contributed by atoms with E-state index in [-0.39, 0.29) is 18.1 Å². The summed E-state index contributed by atoms with van der Waals surface area (Å²) in [4.78, 5) is 37.6. The second-order valence-corrected chi connectivity index (χ2v) is 6.36. The molecule has 8 heteroatoms. The SMILES string of the molecule is CCCNC(=O)Cn1c(=O)n(-c2ccccc2F)c(=O)c2sccc21. The molecule has 0 atom stereocenters. The van der Waals surface area contributed by atoms with Crippen LogP contribution in [0.4, 0.5) is 4.39 Å². The Morgan fingerprint density at radius 3 is 2.72 bits per heavy atom. The minimum Gasteiger partial charge on any atom is -0.355 e. The molecule has 1 aromatic carbocycles. The lowest BCUT2D eigenvalue weighted by Crippen LogP contribution is -2.41. The van der Waals surface area contributed by atoms with Crippen LogP contribution in [0.3, 0.4) is 0 Å². The molecule has 0 saturated carbocycles. The van der Waals surface area contributed by atoms with E-state index in [1.54, 1.807) is 17.5 Å². The zero-order chi connectivity index (χ0) is 18.0. The molecule has 0 aliphatic carbocycles. The first-order valence-electron chi connectivity index (χ1n) is 7.79. The quantitative estimate of drug-likeness (QED) is 0.754. The van der Waals surface area contributed by atoms with Crippen LogP contribution in [0.1, 0.15) is 13.3 Å². The number of hydrogen-bond acceptors (Lipinski definition) is 4. The van der Waals surface area contributed by atoms with Gasteiger partial charge in [-0.1, -0.05) is 19.1 Å². The Bertz CT molecular complexity index is 1050. The number of nitrogens with zero attached hydrogens (tertiary/aromatic N) is 2. The number of amides is 1. The lowest BCUT2D eigenvalue weighted by atomic mass is 10.3. The van der Waals surface area contributed by atoms with Gasteiger partial charge >= 0.3 is 5.69 Å². The van der Waals surface area contributed by atoms with Crippen molar-refractivity contribution in [2.24, 2.45) is 0 Å². The number of rotatable bonds is 5. The maximum absolute atomic E-state index is 14.1. The van der Waals surface area contributed by atoms with Gasteiger partial charge in [0.15, 0.2) is 0 Å². The minimum atomic E-state index is -0.743. The standard InChI is InChI=1S/C17H16FN3O3S/c1-2-8-19-14(22)10-20-13-7-9-25-15(13)16(23)21(17(20)24)12-6-4-3-5-11(12)18/h3-7,9H,2,8,10H2,1H3,(H,19,22). The Balaban J connectivity index is 2.23. The topological polar surface area (TPSA) is 73.1 Å². The fourth-order valence-electron chi connectivity index (χ4n) is 2.55. The van der Waals surface area contributed by atoms with E-state index >= 15 is 0 Å². The first-order chi connectivity index (χ1) is 12.0. The van der Waals surface area contributed by atoms with Crippen LogP contribution in [0.25, 0.3) is 15.9 Å². The van der Waals surface area contributed by atoms with Crippen LogP contribution in [0, 0.1) is 5.82 Å². The summed E-state index contributed by atoms with van der Waals surface area (Å²) in [5.41, 5.74) is -1.09. The molecule has 1 N–H and O–H groups in total. The third-order valence-corrected chi connectivity index (χ3v) is 4.61. The van der Waals surface area contributed by atoms with Crippen molar-refractivity contribution in [3.63, 3.8) is 0 Å². The van der Waals surface area contributed by atoms with Gasteiger partial charge in [0.25, 0.3) is 5.56 Å². The van der Waals surface area contributed by atoms with Gasteiger partial charge in [0.2, 0.25) is 5.91 Å². The molecule has 0 fully saturated rings. The van der Waals surface area contributed by atoms with Crippen molar-refractivity contribution < 1.29 is 9.18 Å². The van der Waals surface area contributed by atoms with Crippen LogP contribution < -0.4 is 16.6 Å². The second kappa shape index (κ2) is 7.02. The van der Waals surface area contributed by atoms with Gasteiger partial charge in [-0.2, -0.15) is 0 Å². The van der Waals surface area contributed by atoms with Crippen molar-refractivity contribution in [3.05, 3.63) is 62.4 Å². The molecule has 0 radical (unpaired) electrons. The normalized spacial score (nSPS) is 11.0. The van der Waals surface area contributed by atoms with E-state index in [9.17, 15) is 18.8 Å². The number of halogens is 1. The lowest BCUT2D eigenvalue weighted by molar-refractivity contribution is -0.121. The number of nitrogens with one attached hydrogen (secondary N) is 1. The second-order valence-electron chi connectivity index (χ2n) is 5.45. The molecule has 0 aliphatic rings. The van der Waals surface area contributed by atoms with E-state index in [0.717, 1.165) is 22.3 Å². The highest BCUT2D eigenvalue weighted by Crippen LogP contribution is 2.17. The van der Waals surface area contributed by atoms with Gasteiger partial charge < -0.3 is 5.32 Å². The molecule has 1 amide bonds. The van der Waals surface area contributed by atoms with Crippen LogP contribution in [0.5, 0.6) is 0 Å². The Morgan fingerprint density at radius 2 is 2.00 bits per heavy atom. The predicted molar refractivity (Wildman–Crippen MR) is 94.9 cm³/mol. The van der Waals surface area contributed by atoms with Crippen molar-refractivity contribution in [2.45, 2.75) is 19.9 Å². The number of para-hydroxylation sites is 1. The van der Waals surface area contributed by atoms with Crippen molar-refractivity contribution in [3.8, 4) is 5.69 Å². The van der Waals surface area contributed by atoms with E-state index in [2.05, 4.69) is 5.32 Å². The van der Waals surface area contributed by atoms with Crippen molar-refractivity contribution in [2.75, 3.05) is 6.54 Å². The Kier molecular flexibility index (Phi) is 4.80. The van der Waals surface area contributed by atoms with Gasteiger partial charge in [-0.05, 0) is 30.0 Å². The summed E-state index contributed by atoms with van der Waals surface area (Å²) in [5, 5.41) is 4.36. The van der Waals surface area contributed by atoms with Gasteiger partial charge in [0, 0.05) is 6.54 Å². The Hall–Kier alpha value is -2.74. The molecule has 130 valence electrons. The van der Waals surface area contributed by atoms with E-state index in [0.29, 0.717) is 16.8 Å². The number of benzene rings is 1. The zero-order valence-corrected chi connectivity index (χ0v) is 14.3. The minimum absolute atomic E-state index is 0.129. The molecule has 3 rings (SSSR count). The maximum Gasteiger partial charge on any atom is 0.336 e. The van der Waals surface area contributed by atoms with Crippen molar-refractivity contribution >= 4 is 27.5 Å². The van der Waals surface area contributed by atoms with Crippen molar-refractivity contribution in [1.29, 1.82) is 0 Å². The molecule has 3 aromatic rings. The van der Waals surface area contributed by atoms with Gasteiger partial charge in [0.05, 0.1) is 11.2 Å². The number of thiophene rings is 1. The maximum atomic E-state index is 14.1. The highest BCUT2D eigenvalue weighted by atomic mass is 32.1. The third kappa shape index (κ3) is 3.12. The molecule has 0 bridgehead atoms. The molecular weight excluding hydrogens is 345 g/mol. The van der Waals surface area contributed by atoms with E-state index in [1.165, 1.54) is 22.8 Å². The van der Waals surface area contributed by atoms with E-state index < -0.39 is 17.1 Å². The molecule has 0 spiro atoms. The summed E-state index contributed by atoms with van der Waals surface area (Å²) in [6, 6.07) is 7.17. The number of carbonyl (C=O) groups is 1. The number of hydrogen-bond donors (Lipinski definition) is 1. The van der Waals surface area contributed by atoms with Crippen LogP contribution >= 0.6 is 11.3 Å². The van der Waals surface area contributed by atoms with Gasteiger partial charge in [-0.15, -0.1) is 11.3 Å². The molecule has 6 nitrogen and oxygen atoms in total. The number of aromatic nitrogens is 2. The molecule has 2 heterocycles. The van der Waals surface area contributed by atoms with Crippen LogP contribution in [-0.2, 0) is 11.3 Å². The first kappa shape index (κ1) is 17.1. The van der Waals surface area contributed by atoms with Crippen molar-refractivity contribution in [1.82, 2.24) is 14.5 Å². The number of carbonyl (C=O) groups excluding carboxylic acids is 1. The largest absolute Gasteiger partial charge is 0.355 e. The summed E-state index contributed by atoms with van der Waals surface area (Å²) in [5.74, 6) is -1.02. The molecule has 25 heavy (non-hydrogen) atoms. The van der Waals surface area contributed by atoms with Crippen LogP contribution in [0.15, 0.2) is 45.3 Å². The average molecular weight is 361 g/mol. The van der Waals surface area contributed by atoms with E-state index in [4.69, 9.17) is 0 Å². The summed E-state index contributed by atoms with van der Waals surface area (Å²) in [7, 11) is 0. The van der Waals surface area contributed by atoms with Gasteiger partial charge in [0.1, 0.15) is 17.1 Å². The van der Waals surface area contributed by atoms with Gasteiger partial charge in [-0.25, -0.2) is 13.8 Å². The van der Waals surface area contributed by atoms with Crippen LogP contribution in [-0.4, -0.2) is 21.6 Å². The Morgan fingerprint density at radius 1 is 1.24 bits per heavy atom. The molecule has 2 aromatic heterocycles. The molecule has 0 aliphatic heterocycles. The molecular formula is C17H16FN3O3S. The summed E-state index contributed by atoms with van der Waals surface area (Å²) in [6.45, 7) is 2.18. The Labute approximate surface area is 146 Å². The fraction of sp³-hybridized carbons (Fsp3) is 0.235. The summed E-state index contributed by atoms with van der Waals surface area (Å²) < 4.78 is 16.4. The molecule has 0 saturated heterocycles. The zero-order valence-electron chi connectivity index (χ0n) is 13.5. The van der Waals surface area contributed by atoms with Crippen LogP contribution in [0.2, 0.25) is 0 Å². The predicted octanol–water partition coefficient (Wildman–Crippen LogP) is 1.88. The van der Waals surface area contributed by atoms with Gasteiger partial charge in [-0.3, -0.25) is 14.2 Å². The lowest BCUT2D eigenvalue weighted by Gasteiger charge is -2.12. The first-order valence-corrected chi connectivity index (χ1v) is 8.67. The smallest absolute Gasteiger partial charge is 0.336 e. The summed E-state index contributed by atoms with van der Waals surface area (Å²) >= 11 is 1.15.